The summed E-state index contributed by atoms with van der Waals surface area (Å²) >= 11 is 0. The topological polar surface area (TPSA) is 0 Å². The van der Waals surface area contributed by atoms with Gasteiger partial charge in [-0.3, -0.25) is 0 Å². The summed E-state index contributed by atoms with van der Waals surface area (Å²) in [6.07, 6.45) is 1.00. The van der Waals surface area contributed by atoms with E-state index in [4.69, 9.17) is 0 Å². The van der Waals surface area contributed by atoms with E-state index in [1.165, 1.54) is 0 Å². The maximum Gasteiger partial charge on any atom is 0 e. The zero-order valence-electron chi connectivity index (χ0n) is 4.86. The van der Waals surface area contributed by atoms with Gasteiger partial charge in [0.1, 0.15) is 0 Å². The molecule has 0 rings (SSSR count). The minimum atomic E-state index is 0. The molecular formula is C5H13V-3. The largest absolute Gasteiger partial charge is 0.358 e. The van der Waals surface area contributed by atoms with E-state index in [0.717, 1.165) is 6.42 Å². The quantitative estimate of drug-likeness (QED) is 0.434. The van der Waals surface area contributed by atoms with Crippen LogP contribution in [0.5, 0.6) is 0 Å². The van der Waals surface area contributed by atoms with Crippen molar-refractivity contribution in [1.82, 2.24) is 0 Å². The van der Waals surface area contributed by atoms with E-state index in [2.05, 4.69) is 6.92 Å². The SMILES string of the molecule is [CH2-]CC.[CH3-].[CH3-].[V]. The second-order valence-corrected chi connectivity index (χ2v) is 0.500. The molecule has 0 unspecified atom stereocenters. The third kappa shape index (κ3) is 172. The Morgan fingerprint density at radius 2 is 1.33 bits per heavy atom. The van der Waals surface area contributed by atoms with Crippen LogP contribution in [0.25, 0.3) is 0 Å². The van der Waals surface area contributed by atoms with E-state index in [1.54, 1.807) is 0 Å². The van der Waals surface area contributed by atoms with Crippen LogP contribution >= 0.6 is 0 Å². The molecule has 0 fully saturated rings. The fraction of sp³-hybridized carbons (Fsp3) is 0.400. The average Bonchev–Trinajstić information content (AvgIpc) is 0.918. The Morgan fingerprint density at radius 3 is 1.33 bits per heavy atom. The first-order valence-corrected chi connectivity index (χ1v) is 1.21. The molecule has 0 N–H and O–H groups in total. The molecule has 0 saturated heterocycles. The Morgan fingerprint density at radius 1 is 1.33 bits per heavy atom. The Bertz CT molecular complexity index is 3.90. The fourth-order valence-electron chi connectivity index (χ4n) is 0. The first-order valence-electron chi connectivity index (χ1n) is 1.21. The van der Waals surface area contributed by atoms with Gasteiger partial charge in [0.2, 0.25) is 0 Å². The second kappa shape index (κ2) is 46.8. The Hall–Kier alpha value is 0.584. The molecule has 1 radical (unpaired) electrons. The third-order valence-corrected chi connectivity index (χ3v) is 0. The van der Waals surface area contributed by atoms with Gasteiger partial charge in [-0.15, -0.1) is 0 Å². The molecule has 0 aliphatic rings. The van der Waals surface area contributed by atoms with Gasteiger partial charge < -0.3 is 21.8 Å². The summed E-state index contributed by atoms with van der Waals surface area (Å²) in [7, 11) is 0. The standard InChI is InChI=1S/C3H7.2CH3.V/c1-3-2;;;/h1,3H2,2H3;2*1H3;/q3*-1;. The summed E-state index contributed by atoms with van der Waals surface area (Å²) in [6, 6.07) is 0. The number of hydrogen-bond acceptors (Lipinski definition) is 0. The van der Waals surface area contributed by atoms with Crippen LogP contribution in [0, 0.1) is 21.8 Å². The zero-order chi connectivity index (χ0) is 2.71. The van der Waals surface area contributed by atoms with Crippen molar-refractivity contribution >= 4 is 0 Å². The molecule has 0 aromatic heterocycles. The maximum absolute atomic E-state index is 3.49. The molecular weight excluding hydrogens is 111 g/mol. The smallest absolute Gasteiger partial charge is 0 e. The molecule has 0 heterocycles. The van der Waals surface area contributed by atoms with Gasteiger partial charge in [0.15, 0.2) is 0 Å². The molecule has 0 saturated carbocycles. The van der Waals surface area contributed by atoms with Crippen LogP contribution in [0.4, 0.5) is 0 Å². The summed E-state index contributed by atoms with van der Waals surface area (Å²) < 4.78 is 0. The normalized spacial score (nSPS) is 3.00. The predicted molar refractivity (Wildman–Crippen MR) is 28.5 cm³/mol. The van der Waals surface area contributed by atoms with Crippen molar-refractivity contribution in [2.24, 2.45) is 0 Å². The van der Waals surface area contributed by atoms with Gasteiger partial charge in [0.05, 0.1) is 0 Å². The summed E-state index contributed by atoms with van der Waals surface area (Å²) in [4.78, 5) is 0. The van der Waals surface area contributed by atoms with Crippen molar-refractivity contribution < 1.29 is 18.6 Å². The Kier molecular flexibility index (Phi) is 240. The van der Waals surface area contributed by atoms with Crippen molar-refractivity contribution in [3.63, 3.8) is 0 Å². The van der Waals surface area contributed by atoms with Gasteiger partial charge in [-0.1, -0.05) is 6.92 Å². The second-order valence-electron chi connectivity index (χ2n) is 0.500. The van der Waals surface area contributed by atoms with E-state index < -0.39 is 0 Å². The summed E-state index contributed by atoms with van der Waals surface area (Å²) in [5.74, 6) is 0. The van der Waals surface area contributed by atoms with Gasteiger partial charge in [0, 0.05) is 18.6 Å². The Labute approximate surface area is 54.2 Å². The molecule has 0 amide bonds. The van der Waals surface area contributed by atoms with Crippen LogP contribution in [-0.2, 0) is 18.6 Å². The predicted octanol–water partition coefficient (Wildman–Crippen LogP) is 2.13. The maximum atomic E-state index is 3.49. The van der Waals surface area contributed by atoms with Crippen LogP contribution in [0.1, 0.15) is 13.3 Å². The van der Waals surface area contributed by atoms with E-state index in [-0.39, 0.29) is 33.4 Å². The van der Waals surface area contributed by atoms with Gasteiger partial charge in [-0.25, -0.2) is 0 Å². The van der Waals surface area contributed by atoms with Gasteiger partial charge in [0.25, 0.3) is 0 Å². The third-order valence-electron chi connectivity index (χ3n) is 0. The molecule has 1 heteroatoms. The van der Waals surface area contributed by atoms with Crippen molar-refractivity contribution in [2.75, 3.05) is 0 Å². The minimum absolute atomic E-state index is 0. The molecule has 0 aromatic carbocycles. The number of hydrogen-bond donors (Lipinski definition) is 0. The number of rotatable bonds is 0. The van der Waals surface area contributed by atoms with Crippen LogP contribution in [0.2, 0.25) is 0 Å². The van der Waals surface area contributed by atoms with Crippen LogP contribution in [0.3, 0.4) is 0 Å². The molecule has 41 valence electrons. The molecule has 0 aliphatic heterocycles. The molecule has 0 spiro atoms. The minimum Gasteiger partial charge on any atom is -0.358 e. The molecule has 0 bridgehead atoms. The molecule has 0 aliphatic carbocycles. The van der Waals surface area contributed by atoms with Gasteiger partial charge in [-0.05, 0) is 0 Å². The van der Waals surface area contributed by atoms with Crippen molar-refractivity contribution in [3.05, 3.63) is 21.8 Å². The summed E-state index contributed by atoms with van der Waals surface area (Å²) in [5.41, 5.74) is 0. The van der Waals surface area contributed by atoms with Crippen LogP contribution in [-0.4, -0.2) is 0 Å². The fourth-order valence-corrected chi connectivity index (χ4v) is 0. The zero-order valence-corrected chi connectivity index (χ0v) is 6.26. The van der Waals surface area contributed by atoms with Crippen molar-refractivity contribution in [2.45, 2.75) is 13.3 Å². The van der Waals surface area contributed by atoms with Crippen LogP contribution in [0.15, 0.2) is 0 Å². The molecule has 0 aromatic rings. The van der Waals surface area contributed by atoms with E-state index in [0.29, 0.717) is 0 Å². The van der Waals surface area contributed by atoms with Gasteiger partial charge in [-0.2, -0.15) is 6.42 Å². The summed E-state index contributed by atoms with van der Waals surface area (Å²) in [5, 5.41) is 0. The van der Waals surface area contributed by atoms with Crippen molar-refractivity contribution in [3.8, 4) is 0 Å². The van der Waals surface area contributed by atoms with E-state index in [9.17, 15) is 0 Å². The van der Waals surface area contributed by atoms with E-state index >= 15 is 0 Å². The molecule has 0 nitrogen and oxygen atoms in total. The van der Waals surface area contributed by atoms with Crippen molar-refractivity contribution in [1.29, 1.82) is 0 Å². The van der Waals surface area contributed by atoms with E-state index in [1.807, 2.05) is 6.92 Å². The summed E-state index contributed by atoms with van der Waals surface area (Å²) in [6.45, 7) is 5.50. The molecule has 0 atom stereocenters. The average molecular weight is 124 g/mol. The van der Waals surface area contributed by atoms with Crippen LogP contribution < -0.4 is 0 Å². The van der Waals surface area contributed by atoms with Gasteiger partial charge >= 0.3 is 0 Å². The molecule has 6 heavy (non-hydrogen) atoms. The first kappa shape index (κ1) is 30.7. The first-order chi connectivity index (χ1) is 1.41. The Balaban J connectivity index is -0.00000000667. The monoisotopic (exact) mass is 124 g/mol.